The molecule has 0 heterocycles. The maximum Gasteiger partial charge on any atom is 0.244 e. The largest absolute Gasteiger partial charge is 0.343 e. The van der Waals surface area contributed by atoms with Gasteiger partial charge in [0.2, 0.25) is 15.9 Å². The third-order valence-electron chi connectivity index (χ3n) is 4.97. The molecular formula is C24H25FN2O3S. The molecule has 0 spiro atoms. The Morgan fingerprint density at radius 1 is 0.903 bits per heavy atom. The van der Waals surface area contributed by atoms with Crippen LogP contribution in [0.2, 0.25) is 0 Å². The molecule has 31 heavy (non-hydrogen) atoms. The smallest absolute Gasteiger partial charge is 0.244 e. The lowest BCUT2D eigenvalue weighted by Crippen LogP contribution is -2.50. The highest BCUT2D eigenvalue weighted by atomic mass is 32.2. The van der Waals surface area contributed by atoms with Gasteiger partial charge < -0.3 is 5.32 Å². The van der Waals surface area contributed by atoms with Crippen molar-refractivity contribution in [1.29, 1.82) is 0 Å². The Labute approximate surface area is 182 Å². The molecule has 1 N–H and O–H groups in total. The third kappa shape index (κ3) is 5.30. The first kappa shape index (κ1) is 22.5. The number of amides is 1. The topological polar surface area (TPSA) is 66.5 Å². The molecule has 3 aromatic carbocycles. The first-order valence-electron chi connectivity index (χ1n) is 9.97. The fourth-order valence-corrected chi connectivity index (χ4v) is 4.77. The number of halogens is 1. The molecule has 3 rings (SSSR count). The van der Waals surface area contributed by atoms with Gasteiger partial charge in [0, 0.05) is 0 Å². The molecule has 0 fully saturated rings. The maximum absolute atomic E-state index is 14.5. The summed E-state index contributed by atoms with van der Waals surface area (Å²) in [7, 11) is -3.93. The van der Waals surface area contributed by atoms with E-state index in [1.807, 2.05) is 60.7 Å². The Morgan fingerprint density at radius 3 is 1.84 bits per heavy atom. The fourth-order valence-electron chi connectivity index (χ4n) is 3.55. The molecule has 0 saturated carbocycles. The van der Waals surface area contributed by atoms with Gasteiger partial charge in [-0.2, -0.15) is 0 Å². The molecule has 5 nitrogen and oxygen atoms in total. The number of sulfonamides is 1. The number of benzene rings is 3. The third-order valence-corrected chi connectivity index (χ3v) is 6.14. The number of nitrogens with zero attached hydrogens (tertiary/aromatic N) is 1. The van der Waals surface area contributed by atoms with Crippen molar-refractivity contribution < 1.29 is 17.6 Å². The van der Waals surface area contributed by atoms with Crippen molar-refractivity contribution in [2.45, 2.75) is 25.4 Å². The van der Waals surface area contributed by atoms with E-state index in [0.29, 0.717) is 0 Å². The summed E-state index contributed by atoms with van der Waals surface area (Å²) in [5, 5.41) is 2.97. The molecule has 162 valence electrons. The summed E-state index contributed by atoms with van der Waals surface area (Å²) >= 11 is 0. The van der Waals surface area contributed by atoms with Gasteiger partial charge in [0.1, 0.15) is 11.9 Å². The van der Waals surface area contributed by atoms with E-state index < -0.39 is 33.8 Å². The van der Waals surface area contributed by atoms with Crippen molar-refractivity contribution in [1.82, 2.24) is 5.32 Å². The number of para-hydroxylation sites is 1. The van der Waals surface area contributed by atoms with Crippen LogP contribution in [-0.2, 0) is 14.8 Å². The van der Waals surface area contributed by atoms with Gasteiger partial charge in [0.05, 0.1) is 18.0 Å². The van der Waals surface area contributed by atoms with Gasteiger partial charge in [-0.15, -0.1) is 0 Å². The minimum atomic E-state index is -3.93. The number of nitrogens with one attached hydrogen (secondary N) is 1. The molecule has 3 aromatic rings. The van der Waals surface area contributed by atoms with E-state index in [1.165, 1.54) is 24.3 Å². The highest BCUT2D eigenvalue weighted by Crippen LogP contribution is 2.27. The van der Waals surface area contributed by atoms with Crippen molar-refractivity contribution >= 4 is 21.6 Å². The van der Waals surface area contributed by atoms with Gasteiger partial charge in [-0.3, -0.25) is 9.10 Å². The molecule has 0 saturated heterocycles. The summed E-state index contributed by atoms with van der Waals surface area (Å²) in [6.07, 6.45) is 1.14. The first-order chi connectivity index (χ1) is 14.8. The normalized spacial score (nSPS) is 12.4. The molecule has 0 radical (unpaired) electrons. The SMILES string of the molecule is CCC(C(=O)NC(c1ccccc1)c1ccccc1)N(c1ccccc1F)S(C)(=O)=O. The lowest BCUT2D eigenvalue weighted by atomic mass is 9.98. The summed E-state index contributed by atoms with van der Waals surface area (Å²) in [5.41, 5.74) is 1.56. The van der Waals surface area contributed by atoms with Gasteiger partial charge in [-0.05, 0) is 29.7 Å². The second kappa shape index (κ2) is 9.75. The second-order valence-corrected chi connectivity index (χ2v) is 9.06. The average molecular weight is 441 g/mol. The molecule has 7 heteroatoms. The highest BCUT2D eigenvalue weighted by Gasteiger charge is 2.34. The van der Waals surface area contributed by atoms with Gasteiger partial charge >= 0.3 is 0 Å². The molecule has 0 aromatic heterocycles. The minimum absolute atomic E-state index is 0.150. The van der Waals surface area contributed by atoms with Gasteiger partial charge in [-0.1, -0.05) is 79.7 Å². The number of anilines is 1. The molecule has 0 aliphatic carbocycles. The second-order valence-electron chi connectivity index (χ2n) is 7.20. The Hall–Kier alpha value is -3.19. The molecular weight excluding hydrogens is 415 g/mol. The fraction of sp³-hybridized carbons (Fsp3) is 0.208. The number of carbonyl (C=O) groups is 1. The summed E-state index contributed by atoms with van der Waals surface area (Å²) in [4.78, 5) is 13.4. The summed E-state index contributed by atoms with van der Waals surface area (Å²) in [6.45, 7) is 1.70. The van der Waals surface area contributed by atoms with E-state index in [2.05, 4.69) is 5.32 Å². The quantitative estimate of drug-likeness (QED) is 0.569. The van der Waals surface area contributed by atoms with Gasteiger partial charge in [-0.25, -0.2) is 12.8 Å². The van der Waals surface area contributed by atoms with Crippen molar-refractivity contribution in [2.75, 3.05) is 10.6 Å². The van der Waals surface area contributed by atoms with Crippen LogP contribution in [0.5, 0.6) is 0 Å². The highest BCUT2D eigenvalue weighted by molar-refractivity contribution is 7.92. The van der Waals surface area contributed by atoms with Crippen LogP contribution < -0.4 is 9.62 Å². The number of hydrogen-bond donors (Lipinski definition) is 1. The van der Waals surface area contributed by atoms with E-state index in [-0.39, 0.29) is 12.1 Å². The number of carbonyl (C=O) groups excluding carboxylic acids is 1. The van der Waals surface area contributed by atoms with E-state index in [0.717, 1.165) is 21.7 Å². The Balaban J connectivity index is 2.00. The summed E-state index contributed by atoms with van der Waals surface area (Å²) < 4.78 is 40.5. The van der Waals surface area contributed by atoms with Crippen molar-refractivity contribution in [2.24, 2.45) is 0 Å². The number of hydrogen-bond acceptors (Lipinski definition) is 3. The Bertz CT molecular complexity index is 1080. The zero-order valence-corrected chi connectivity index (χ0v) is 18.2. The summed E-state index contributed by atoms with van der Waals surface area (Å²) in [5.74, 6) is -1.21. The van der Waals surface area contributed by atoms with Crippen LogP contribution in [0.3, 0.4) is 0 Å². The number of rotatable bonds is 8. The molecule has 1 atom stereocenters. The first-order valence-corrected chi connectivity index (χ1v) is 11.8. The van der Waals surface area contributed by atoms with Crippen LogP contribution in [0.1, 0.15) is 30.5 Å². The Kier molecular flexibility index (Phi) is 7.07. The van der Waals surface area contributed by atoms with Crippen LogP contribution in [-0.4, -0.2) is 26.6 Å². The zero-order chi connectivity index (χ0) is 22.4. The molecule has 0 aliphatic rings. The predicted octanol–water partition coefficient (Wildman–Crippen LogP) is 4.28. The zero-order valence-electron chi connectivity index (χ0n) is 17.4. The van der Waals surface area contributed by atoms with E-state index in [4.69, 9.17) is 0 Å². The monoisotopic (exact) mass is 440 g/mol. The van der Waals surface area contributed by atoms with E-state index in [1.54, 1.807) is 6.92 Å². The molecule has 0 aliphatic heterocycles. The average Bonchev–Trinajstić information content (AvgIpc) is 2.76. The van der Waals surface area contributed by atoms with E-state index in [9.17, 15) is 17.6 Å². The summed E-state index contributed by atoms with van der Waals surface area (Å²) in [6, 6.07) is 22.8. The van der Waals surface area contributed by atoms with Crippen LogP contribution >= 0.6 is 0 Å². The lowest BCUT2D eigenvalue weighted by molar-refractivity contribution is -0.122. The minimum Gasteiger partial charge on any atom is -0.343 e. The predicted molar refractivity (Wildman–Crippen MR) is 121 cm³/mol. The lowest BCUT2D eigenvalue weighted by Gasteiger charge is -2.32. The molecule has 1 unspecified atom stereocenters. The van der Waals surface area contributed by atoms with Crippen LogP contribution in [0, 0.1) is 5.82 Å². The van der Waals surface area contributed by atoms with E-state index >= 15 is 0 Å². The van der Waals surface area contributed by atoms with Crippen LogP contribution in [0.4, 0.5) is 10.1 Å². The molecule has 1 amide bonds. The molecule has 0 bridgehead atoms. The van der Waals surface area contributed by atoms with Crippen LogP contribution in [0.15, 0.2) is 84.9 Å². The van der Waals surface area contributed by atoms with Crippen molar-refractivity contribution in [3.05, 3.63) is 102 Å². The van der Waals surface area contributed by atoms with Crippen molar-refractivity contribution in [3.63, 3.8) is 0 Å². The van der Waals surface area contributed by atoms with Gasteiger partial charge in [0.15, 0.2) is 0 Å². The Morgan fingerprint density at radius 2 is 1.39 bits per heavy atom. The van der Waals surface area contributed by atoms with Crippen LogP contribution in [0.25, 0.3) is 0 Å². The van der Waals surface area contributed by atoms with Crippen molar-refractivity contribution in [3.8, 4) is 0 Å². The maximum atomic E-state index is 14.5. The van der Waals surface area contributed by atoms with Gasteiger partial charge in [0.25, 0.3) is 0 Å². The standard InChI is InChI=1S/C24H25FN2O3S/c1-3-21(27(31(2,29)30)22-17-11-10-16-20(22)25)24(28)26-23(18-12-6-4-7-13-18)19-14-8-5-9-15-19/h4-17,21,23H,3H2,1-2H3,(H,26,28).